The molecule has 1 fully saturated rings. The molecule has 2 unspecified atom stereocenters. The largest absolute Gasteiger partial charge is 0.455 e. The topological polar surface area (TPSA) is 87.3 Å². The van der Waals surface area contributed by atoms with Crippen LogP contribution in [0.1, 0.15) is 56.7 Å². The first-order chi connectivity index (χ1) is 19.0. The minimum Gasteiger partial charge on any atom is -0.455 e. The van der Waals surface area contributed by atoms with Gasteiger partial charge in [-0.2, -0.15) is 0 Å². The van der Waals surface area contributed by atoms with E-state index in [0.29, 0.717) is 13.0 Å². The summed E-state index contributed by atoms with van der Waals surface area (Å²) in [6, 6.07) is 21.6. The summed E-state index contributed by atoms with van der Waals surface area (Å²) in [6.07, 6.45) is 9.47. The Morgan fingerprint density at radius 3 is 2.62 bits per heavy atom. The van der Waals surface area contributed by atoms with E-state index in [9.17, 15) is 4.79 Å². The van der Waals surface area contributed by atoms with Crippen LogP contribution in [0.2, 0.25) is 0 Å². The number of amides is 1. The molecule has 2 aliphatic rings. The van der Waals surface area contributed by atoms with Crippen molar-refractivity contribution in [2.45, 2.75) is 70.2 Å². The standard InChI is InChI=1S/C32H39N5O2/c1-23(21-34-25-13-5-4-12-24(25)2)20-27(37-31-36-26-14-6-7-15-28(26)39-31)30(38)35-22-32(17-9-3-10-18-32)29-16-8-11-19-33-29/h4-8,11-16,19,21,27,31,34,36-37H,3,9-10,17-18,20,22H2,1-2H3,(H,35,38)/b23-21+. The molecule has 2 atom stereocenters. The van der Waals surface area contributed by atoms with Gasteiger partial charge in [0.1, 0.15) is 5.75 Å². The lowest BCUT2D eigenvalue weighted by molar-refractivity contribution is -0.124. The van der Waals surface area contributed by atoms with E-state index in [-0.39, 0.29) is 11.3 Å². The number of benzene rings is 2. The second-order valence-electron chi connectivity index (χ2n) is 10.8. The van der Waals surface area contributed by atoms with Crippen LogP contribution in [0.4, 0.5) is 11.4 Å². The van der Waals surface area contributed by atoms with E-state index in [4.69, 9.17) is 9.72 Å². The Hall–Kier alpha value is -3.84. The van der Waals surface area contributed by atoms with Gasteiger partial charge in [0.25, 0.3) is 0 Å². The average Bonchev–Trinajstić information content (AvgIpc) is 3.39. The van der Waals surface area contributed by atoms with Crippen LogP contribution in [0, 0.1) is 6.92 Å². The SMILES string of the molecule is C/C(=C\Nc1ccccc1C)CC(NC1Nc2ccccc2O1)C(=O)NCC1(c2ccccn2)CCCCC1. The third kappa shape index (κ3) is 6.60. The number of ether oxygens (including phenoxy) is 1. The normalized spacial score (nSPS) is 18.8. The van der Waals surface area contributed by atoms with E-state index < -0.39 is 12.4 Å². The lowest BCUT2D eigenvalue weighted by Gasteiger charge is -2.37. The first-order valence-electron chi connectivity index (χ1n) is 14.0. The highest BCUT2D eigenvalue weighted by molar-refractivity contribution is 5.82. The number of aryl methyl sites for hydroxylation is 1. The zero-order valence-electron chi connectivity index (χ0n) is 22.9. The molecule has 204 valence electrons. The maximum atomic E-state index is 13.8. The van der Waals surface area contributed by atoms with Crippen molar-refractivity contribution in [3.05, 3.63) is 96.0 Å². The third-order valence-electron chi connectivity index (χ3n) is 7.85. The molecule has 0 saturated heterocycles. The first kappa shape index (κ1) is 26.8. The fourth-order valence-corrected chi connectivity index (χ4v) is 5.60. The molecule has 0 bridgehead atoms. The number of nitrogens with zero attached hydrogens (tertiary/aromatic N) is 1. The van der Waals surface area contributed by atoms with Crippen molar-refractivity contribution in [3.8, 4) is 5.75 Å². The Bertz CT molecular complexity index is 1260. The van der Waals surface area contributed by atoms with E-state index in [2.05, 4.69) is 46.4 Å². The Balaban J connectivity index is 1.30. The molecule has 5 rings (SSSR count). The molecular weight excluding hydrogens is 486 g/mol. The van der Waals surface area contributed by atoms with Crippen LogP contribution in [0.5, 0.6) is 5.75 Å². The fourth-order valence-electron chi connectivity index (χ4n) is 5.60. The van der Waals surface area contributed by atoms with Crippen molar-refractivity contribution in [1.29, 1.82) is 0 Å². The van der Waals surface area contributed by atoms with E-state index in [1.807, 2.05) is 67.9 Å². The number of carbonyl (C=O) groups excluding carboxylic acids is 1. The van der Waals surface area contributed by atoms with Gasteiger partial charge in [-0.05, 0) is 75.2 Å². The molecule has 1 aliphatic carbocycles. The highest BCUT2D eigenvalue weighted by Gasteiger charge is 2.36. The van der Waals surface area contributed by atoms with Crippen LogP contribution in [0.3, 0.4) is 0 Å². The van der Waals surface area contributed by atoms with Crippen LogP contribution >= 0.6 is 0 Å². The van der Waals surface area contributed by atoms with Crippen molar-refractivity contribution in [2.24, 2.45) is 0 Å². The molecule has 2 heterocycles. The summed E-state index contributed by atoms with van der Waals surface area (Å²) in [7, 11) is 0. The highest BCUT2D eigenvalue weighted by Crippen LogP contribution is 2.38. The number of rotatable bonds is 10. The number of para-hydroxylation sites is 3. The molecule has 0 spiro atoms. The van der Waals surface area contributed by atoms with Crippen LogP contribution in [0.15, 0.2) is 84.7 Å². The lowest BCUT2D eigenvalue weighted by atomic mass is 9.71. The number of anilines is 2. The second-order valence-corrected chi connectivity index (χ2v) is 10.8. The van der Waals surface area contributed by atoms with Gasteiger partial charge in [0, 0.05) is 29.5 Å². The van der Waals surface area contributed by atoms with Gasteiger partial charge >= 0.3 is 0 Å². The summed E-state index contributed by atoms with van der Waals surface area (Å²) in [5, 5.41) is 13.5. The van der Waals surface area contributed by atoms with Gasteiger partial charge in [-0.3, -0.25) is 15.1 Å². The molecule has 1 aliphatic heterocycles. The van der Waals surface area contributed by atoms with E-state index in [1.54, 1.807) is 0 Å². The second kappa shape index (κ2) is 12.3. The minimum absolute atomic E-state index is 0.0409. The summed E-state index contributed by atoms with van der Waals surface area (Å²) in [5.41, 5.74) is 5.14. The lowest BCUT2D eigenvalue weighted by Crippen LogP contribution is -2.54. The molecule has 4 N–H and O–H groups in total. The monoisotopic (exact) mass is 525 g/mol. The van der Waals surface area contributed by atoms with E-state index in [0.717, 1.165) is 54.1 Å². The van der Waals surface area contributed by atoms with Gasteiger partial charge in [0.15, 0.2) is 0 Å². The zero-order chi connectivity index (χ0) is 27.1. The van der Waals surface area contributed by atoms with Crippen LogP contribution < -0.4 is 26.0 Å². The van der Waals surface area contributed by atoms with Crippen LogP contribution in [-0.4, -0.2) is 29.8 Å². The number of fused-ring (bicyclic) bond motifs is 1. The minimum atomic E-state index is -0.491. The van der Waals surface area contributed by atoms with Crippen molar-refractivity contribution < 1.29 is 9.53 Å². The van der Waals surface area contributed by atoms with Crippen molar-refractivity contribution in [1.82, 2.24) is 15.6 Å². The van der Waals surface area contributed by atoms with Gasteiger partial charge in [-0.25, -0.2) is 0 Å². The molecule has 39 heavy (non-hydrogen) atoms. The van der Waals surface area contributed by atoms with E-state index >= 15 is 0 Å². The van der Waals surface area contributed by atoms with E-state index in [1.165, 1.54) is 12.0 Å². The third-order valence-corrected chi connectivity index (χ3v) is 7.85. The average molecular weight is 526 g/mol. The fraction of sp³-hybridized carbons (Fsp3) is 0.375. The Labute approximate surface area is 231 Å². The molecule has 1 aromatic heterocycles. The zero-order valence-corrected chi connectivity index (χ0v) is 22.9. The maximum absolute atomic E-state index is 13.8. The molecule has 2 aromatic carbocycles. The summed E-state index contributed by atoms with van der Waals surface area (Å²) in [5.74, 6) is 0.736. The van der Waals surface area contributed by atoms with Gasteiger partial charge in [-0.15, -0.1) is 0 Å². The molecule has 7 nitrogen and oxygen atoms in total. The predicted octanol–water partition coefficient (Wildman–Crippen LogP) is 5.86. The van der Waals surface area contributed by atoms with Crippen molar-refractivity contribution in [3.63, 3.8) is 0 Å². The Morgan fingerprint density at radius 2 is 1.85 bits per heavy atom. The number of aromatic nitrogens is 1. The number of hydrogen-bond acceptors (Lipinski definition) is 6. The first-order valence-corrected chi connectivity index (χ1v) is 14.0. The maximum Gasteiger partial charge on any atom is 0.237 e. The molecule has 3 aromatic rings. The van der Waals surface area contributed by atoms with Crippen LogP contribution in [0.25, 0.3) is 0 Å². The van der Waals surface area contributed by atoms with Gasteiger partial charge in [0.2, 0.25) is 12.3 Å². The summed E-state index contributed by atoms with van der Waals surface area (Å²) in [6.45, 7) is 4.69. The molecule has 0 radical (unpaired) electrons. The number of pyridine rings is 1. The molecule has 1 saturated carbocycles. The predicted molar refractivity (Wildman–Crippen MR) is 157 cm³/mol. The molecular formula is C32H39N5O2. The smallest absolute Gasteiger partial charge is 0.237 e. The Kier molecular flexibility index (Phi) is 8.47. The molecule has 1 amide bonds. The number of hydrogen-bond donors (Lipinski definition) is 4. The summed E-state index contributed by atoms with van der Waals surface area (Å²) < 4.78 is 6.05. The van der Waals surface area contributed by atoms with Gasteiger partial charge in [-0.1, -0.05) is 61.2 Å². The number of carbonyl (C=O) groups is 1. The molecule has 7 heteroatoms. The Morgan fingerprint density at radius 1 is 1.08 bits per heavy atom. The summed E-state index contributed by atoms with van der Waals surface area (Å²) >= 11 is 0. The highest BCUT2D eigenvalue weighted by atomic mass is 16.5. The number of nitrogens with one attached hydrogen (secondary N) is 4. The van der Waals surface area contributed by atoms with Gasteiger partial charge in [0.05, 0.1) is 11.7 Å². The summed E-state index contributed by atoms with van der Waals surface area (Å²) in [4.78, 5) is 18.5. The van der Waals surface area contributed by atoms with Crippen LogP contribution in [-0.2, 0) is 10.2 Å². The quantitative estimate of drug-likeness (QED) is 0.265. The van der Waals surface area contributed by atoms with Crippen molar-refractivity contribution >= 4 is 17.3 Å². The van der Waals surface area contributed by atoms with Gasteiger partial charge < -0.3 is 20.7 Å². The van der Waals surface area contributed by atoms with Crippen molar-refractivity contribution in [2.75, 3.05) is 17.2 Å².